The largest absolute Gasteiger partial charge is 0.491 e. The van der Waals surface area contributed by atoms with Crippen LogP contribution in [0, 0.1) is 11.7 Å². The van der Waals surface area contributed by atoms with Crippen LogP contribution in [0.4, 0.5) is 4.39 Å². The molecule has 0 radical (unpaired) electrons. The molecule has 1 saturated carbocycles. The van der Waals surface area contributed by atoms with Crippen LogP contribution >= 0.6 is 24.0 Å². The Morgan fingerprint density at radius 1 is 1.38 bits per heavy atom. The number of hydrogen-bond donors (Lipinski definition) is 2. The lowest BCUT2D eigenvalue weighted by atomic mass is 10.2. The van der Waals surface area contributed by atoms with Crippen LogP contribution < -0.4 is 15.4 Å². The van der Waals surface area contributed by atoms with Gasteiger partial charge in [0.2, 0.25) is 0 Å². The third kappa shape index (κ3) is 6.07. The van der Waals surface area contributed by atoms with Crippen LogP contribution in [0.3, 0.4) is 0 Å². The zero-order valence-electron chi connectivity index (χ0n) is 12.5. The van der Waals surface area contributed by atoms with Gasteiger partial charge in [-0.3, -0.25) is 4.99 Å². The first-order valence-electron chi connectivity index (χ1n) is 7.08. The van der Waals surface area contributed by atoms with Crippen molar-refractivity contribution in [2.45, 2.75) is 26.3 Å². The van der Waals surface area contributed by atoms with E-state index in [0.717, 1.165) is 24.0 Å². The van der Waals surface area contributed by atoms with Crippen molar-refractivity contribution in [1.29, 1.82) is 0 Å². The summed E-state index contributed by atoms with van der Waals surface area (Å²) in [5.41, 5.74) is 0.861. The summed E-state index contributed by atoms with van der Waals surface area (Å²) in [4.78, 5) is 4.15. The second kappa shape index (κ2) is 9.07. The van der Waals surface area contributed by atoms with Gasteiger partial charge < -0.3 is 15.4 Å². The fourth-order valence-corrected chi connectivity index (χ4v) is 1.90. The minimum Gasteiger partial charge on any atom is -0.491 e. The van der Waals surface area contributed by atoms with Gasteiger partial charge in [0.05, 0.1) is 6.61 Å². The number of nitrogens with zero attached hydrogens (tertiary/aromatic N) is 1. The highest BCUT2D eigenvalue weighted by molar-refractivity contribution is 14.0. The molecule has 0 atom stereocenters. The van der Waals surface area contributed by atoms with Crippen LogP contribution in [0.1, 0.15) is 25.3 Å². The van der Waals surface area contributed by atoms with Gasteiger partial charge in [0.1, 0.15) is 0 Å². The normalized spacial score (nSPS) is 14.3. The summed E-state index contributed by atoms with van der Waals surface area (Å²) in [6.45, 7) is 3.79. The molecule has 0 saturated heterocycles. The Kier molecular flexibility index (Phi) is 7.77. The predicted octanol–water partition coefficient (Wildman–Crippen LogP) is 2.92. The summed E-state index contributed by atoms with van der Waals surface area (Å²) in [6, 6.07) is 5.01. The van der Waals surface area contributed by atoms with E-state index in [4.69, 9.17) is 4.74 Å². The van der Waals surface area contributed by atoms with Gasteiger partial charge in [-0.2, -0.15) is 0 Å². The lowest BCUT2D eigenvalue weighted by Crippen LogP contribution is -2.37. The molecule has 21 heavy (non-hydrogen) atoms. The topological polar surface area (TPSA) is 45.6 Å². The summed E-state index contributed by atoms with van der Waals surface area (Å²) in [5, 5.41) is 6.45. The SMILES string of the molecule is CCOc1ccc(CNC(=NC)NCC2CC2)cc1F.I. The van der Waals surface area contributed by atoms with Crippen LogP contribution in [-0.4, -0.2) is 26.2 Å². The first-order chi connectivity index (χ1) is 9.72. The number of nitrogens with one attached hydrogen (secondary N) is 2. The average molecular weight is 407 g/mol. The molecule has 0 unspecified atom stereocenters. The van der Waals surface area contributed by atoms with Crippen molar-refractivity contribution in [2.24, 2.45) is 10.9 Å². The third-order valence-corrected chi connectivity index (χ3v) is 3.23. The smallest absolute Gasteiger partial charge is 0.191 e. The van der Waals surface area contributed by atoms with E-state index in [2.05, 4.69) is 15.6 Å². The number of rotatable bonds is 6. The maximum Gasteiger partial charge on any atom is 0.191 e. The Bertz CT molecular complexity index is 478. The van der Waals surface area contributed by atoms with Gasteiger partial charge >= 0.3 is 0 Å². The van der Waals surface area contributed by atoms with E-state index in [0.29, 0.717) is 18.9 Å². The Labute approximate surface area is 142 Å². The first kappa shape index (κ1) is 18.0. The molecule has 2 rings (SSSR count). The molecule has 1 aromatic rings. The Morgan fingerprint density at radius 2 is 2.14 bits per heavy atom. The van der Waals surface area contributed by atoms with E-state index in [1.807, 2.05) is 13.0 Å². The Balaban J connectivity index is 0.00000220. The predicted molar refractivity (Wildman–Crippen MR) is 93.9 cm³/mol. The minimum atomic E-state index is -0.327. The van der Waals surface area contributed by atoms with Gasteiger partial charge in [-0.1, -0.05) is 6.07 Å². The average Bonchev–Trinajstić information content (AvgIpc) is 3.26. The molecule has 0 aliphatic heterocycles. The van der Waals surface area contributed by atoms with E-state index in [9.17, 15) is 4.39 Å². The van der Waals surface area contributed by atoms with Crippen LogP contribution in [0.25, 0.3) is 0 Å². The molecule has 1 aromatic carbocycles. The van der Waals surface area contributed by atoms with Gasteiger partial charge in [-0.25, -0.2) is 4.39 Å². The third-order valence-electron chi connectivity index (χ3n) is 3.23. The van der Waals surface area contributed by atoms with Crippen molar-refractivity contribution in [3.8, 4) is 5.75 Å². The van der Waals surface area contributed by atoms with Gasteiger partial charge in [-0.15, -0.1) is 24.0 Å². The van der Waals surface area contributed by atoms with Gasteiger partial charge in [0.15, 0.2) is 17.5 Å². The summed E-state index contributed by atoms with van der Waals surface area (Å²) in [6.07, 6.45) is 2.60. The molecule has 1 aliphatic carbocycles. The minimum absolute atomic E-state index is 0. The quantitative estimate of drug-likeness (QED) is 0.433. The van der Waals surface area contributed by atoms with Crippen molar-refractivity contribution in [2.75, 3.05) is 20.2 Å². The molecule has 1 aliphatic rings. The standard InChI is InChI=1S/C15H22FN3O.HI/c1-3-20-14-7-6-12(8-13(14)16)10-19-15(17-2)18-9-11-4-5-11;/h6-8,11H,3-5,9-10H2,1-2H3,(H2,17,18,19);1H. The molecular formula is C15H23FIN3O. The monoisotopic (exact) mass is 407 g/mol. The van der Waals surface area contributed by atoms with E-state index in [1.165, 1.54) is 18.9 Å². The molecule has 0 aromatic heterocycles. The van der Waals surface area contributed by atoms with Crippen molar-refractivity contribution in [3.63, 3.8) is 0 Å². The molecule has 1 fully saturated rings. The van der Waals surface area contributed by atoms with Gasteiger partial charge in [0, 0.05) is 20.1 Å². The molecule has 0 spiro atoms. The number of halogens is 2. The number of benzene rings is 1. The fourth-order valence-electron chi connectivity index (χ4n) is 1.90. The Morgan fingerprint density at radius 3 is 2.71 bits per heavy atom. The van der Waals surface area contributed by atoms with Gasteiger partial charge in [0.25, 0.3) is 0 Å². The highest BCUT2D eigenvalue weighted by Gasteiger charge is 2.20. The first-order valence-corrected chi connectivity index (χ1v) is 7.08. The van der Waals surface area contributed by atoms with E-state index >= 15 is 0 Å². The summed E-state index contributed by atoms with van der Waals surface area (Å²) >= 11 is 0. The molecule has 0 bridgehead atoms. The zero-order valence-corrected chi connectivity index (χ0v) is 14.8. The Hall–Kier alpha value is -1.05. The summed E-state index contributed by atoms with van der Waals surface area (Å²) in [7, 11) is 1.74. The maximum absolute atomic E-state index is 13.7. The lowest BCUT2D eigenvalue weighted by molar-refractivity contribution is 0.321. The lowest BCUT2D eigenvalue weighted by Gasteiger charge is -2.12. The number of ether oxygens (including phenoxy) is 1. The molecule has 4 nitrogen and oxygen atoms in total. The zero-order chi connectivity index (χ0) is 14.4. The van der Waals surface area contributed by atoms with E-state index in [-0.39, 0.29) is 29.8 Å². The highest BCUT2D eigenvalue weighted by Crippen LogP contribution is 2.27. The molecule has 118 valence electrons. The fraction of sp³-hybridized carbons (Fsp3) is 0.533. The molecule has 0 heterocycles. The van der Waals surface area contributed by atoms with Crippen molar-refractivity contribution in [3.05, 3.63) is 29.6 Å². The van der Waals surface area contributed by atoms with E-state index in [1.54, 1.807) is 13.1 Å². The number of guanidine groups is 1. The summed E-state index contributed by atoms with van der Waals surface area (Å²) in [5.74, 6) is 1.52. The molecule has 0 amide bonds. The van der Waals surface area contributed by atoms with Crippen LogP contribution in [-0.2, 0) is 6.54 Å². The highest BCUT2D eigenvalue weighted by atomic mass is 127. The van der Waals surface area contributed by atoms with Crippen molar-refractivity contribution >= 4 is 29.9 Å². The van der Waals surface area contributed by atoms with Crippen molar-refractivity contribution in [1.82, 2.24) is 10.6 Å². The summed E-state index contributed by atoms with van der Waals surface area (Å²) < 4.78 is 18.9. The van der Waals surface area contributed by atoms with Crippen LogP contribution in [0.2, 0.25) is 0 Å². The molecular weight excluding hydrogens is 384 g/mol. The van der Waals surface area contributed by atoms with Gasteiger partial charge in [-0.05, 0) is 43.4 Å². The second-order valence-electron chi connectivity index (χ2n) is 4.95. The molecule has 6 heteroatoms. The molecule has 2 N–H and O–H groups in total. The van der Waals surface area contributed by atoms with Crippen LogP contribution in [0.5, 0.6) is 5.75 Å². The number of aliphatic imine (C=N–C) groups is 1. The van der Waals surface area contributed by atoms with Crippen molar-refractivity contribution < 1.29 is 9.13 Å². The van der Waals surface area contributed by atoms with Crippen LogP contribution in [0.15, 0.2) is 23.2 Å². The number of hydrogen-bond acceptors (Lipinski definition) is 2. The van der Waals surface area contributed by atoms with E-state index < -0.39 is 0 Å². The maximum atomic E-state index is 13.7. The second-order valence-corrected chi connectivity index (χ2v) is 4.95.